The van der Waals surface area contributed by atoms with Gasteiger partial charge in [0.25, 0.3) is 5.22 Å². The molecule has 0 aliphatic carbocycles. The number of para-hydroxylation sites is 2. The second kappa shape index (κ2) is 7.30. The molecule has 0 saturated heterocycles. The number of aromatic nitrogens is 1. The molecule has 1 heterocycles. The third-order valence-electron chi connectivity index (χ3n) is 3.24. The van der Waals surface area contributed by atoms with Crippen LogP contribution in [0.15, 0.2) is 58.2 Å². The SMILES string of the molecule is O=C(CSc1nc2ccccc2o1)Nc1ccc(CCO)cc1. The largest absolute Gasteiger partial charge is 0.431 e. The molecule has 0 aliphatic rings. The van der Waals surface area contributed by atoms with Crippen LogP contribution in [-0.2, 0) is 11.2 Å². The van der Waals surface area contributed by atoms with Crippen LogP contribution >= 0.6 is 11.8 Å². The molecule has 3 rings (SSSR count). The number of rotatable bonds is 6. The van der Waals surface area contributed by atoms with Crippen molar-refractivity contribution in [3.63, 3.8) is 0 Å². The van der Waals surface area contributed by atoms with Crippen molar-refractivity contribution in [1.82, 2.24) is 4.98 Å². The molecule has 0 saturated carbocycles. The molecule has 0 spiro atoms. The molecule has 3 aromatic rings. The van der Waals surface area contributed by atoms with Gasteiger partial charge in [0.2, 0.25) is 5.91 Å². The van der Waals surface area contributed by atoms with Gasteiger partial charge < -0.3 is 14.8 Å². The van der Waals surface area contributed by atoms with Gasteiger partial charge in [0, 0.05) is 12.3 Å². The molecule has 2 aromatic carbocycles. The van der Waals surface area contributed by atoms with Gasteiger partial charge in [-0.1, -0.05) is 36.0 Å². The van der Waals surface area contributed by atoms with Crippen LogP contribution in [0.25, 0.3) is 11.1 Å². The fourth-order valence-corrected chi connectivity index (χ4v) is 2.76. The third kappa shape index (κ3) is 4.12. The first-order valence-electron chi connectivity index (χ1n) is 7.22. The summed E-state index contributed by atoms with van der Waals surface area (Å²) < 4.78 is 5.56. The molecule has 1 amide bonds. The molecular weight excluding hydrogens is 312 g/mol. The van der Waals surface area contributed by atoms with Crippen molar-refractivity contribution in [3.05, 3.63) is 54.1 Å². The summed E-state index contributed by atoms with van der Waals surface area (Å²) in [6, 6.07) is 14.9. The summed E-state index contributed by atoms with van der Waals surface area (Å²) in [6.45, 7) is 0.118. The van der Waals surface area contributed by atoms with Gasteiger partial charge in [0.05, 0.1) is 5.75 Å². The molecule has 0 radical (unpaired) electrons. The lowest BCUT2D eigenvalue weighted by Crippen LogP contribution is -2.13. The zero-order valence-electron chi connectivity index (χ0n) is 12.4. The number of nitrogens with zero attached hydrogens (tertiary/aromatic N) is 1. The van der Waals surface area contributed by atoms with E-state index in [4.69, 9.17) is 9.52 Å². The summed E-state index contributed by atoms with van der Waals surface area (Å²) in [5.41, 5.74) is 3.27. The van der Waals surface area contributed by atoms with Crippen molar-refractivity contribution in [2.75, 3.05) is 17.7 Å². The Bertz CT molecular complexity index is 766. The van der Waals surface area contributed by atoms with Gasteiger partial charge in [0.1, 0.15) is 5.52 Å². The second-order valence-electron chi connectivity index (χ2n) is 4.95. The van der Waals surface area contributed by atoms with E-state index in [2.05, 4.69) is 10.3 Å². The quantitative estimate of drug-likeness (QED) is 0.680. The van der Waals surface area contributed by atoms with Crippen molar-refractivity contribution >= 4 is 34.5 Å². The number of oxazole rings is 1. The van der Waals surface area contributed by atoms with Gasteiger partial charge in [-0.2, -0.15) is 0 Å². The van der Waals surface area contributed by atoms with Crippen LogP contribution < -0.4 is 5.32 Å². The molecular formula is C17H16N2O3S. The fraction of sp³-hybridized carbons (Fsp3) is 0.176. The minimum atomic E-state index is -0.118. The number of hydrogen-bond donors (Lipinski definition) is 2. The predicted molar refractivity (Wildman–Crippen MR) is 90.6 cm³/mol. The van der Waals surface area contributed by atoms with Crippen LogP contribution in [0.4, 0.5) is 5.69 Å². The topological polar surface area (TPSA) is 75.4 Å². The average Bonchev–Trinajstić information content (AvgIpc) is 2.98. The van der Waals surface area contributed by atoms with Crippen LogP contribution in [0.3, 0.4) is 0 Å². The summed E-state index contributed by atoms with van der Waals surface area (Å²) in [5.74, 6) is 0.109. The lowest BCUT2D eigenvalue weighted by atomic mass is 10.1. The molecule has 2 N–H and O–H groups in total. The van der Waals surface area contributed by atoms with E-state index in [0.717, 1.165) is 22.4 Å². The van der Waals surface area contributed by atoms with E-state index in [1.54, 1.807) is 0 Å². The molecule has 0 fully saturated rings. The molecule has 0 atom stereocenters. The Morgan fingerprint density at radius 2 is 1.96 bits per heavy atom. The molecule has 1 aromatic heterocycles. The van der Waals surface area contributed by atoms with Gasteiger partial charge in [-0.25, -0.2) is 4.98 Å². The smallest absolute Gasteiger partial charge is 0.257 e. The molecule has 0 unspecified atom stereocenters. The van der Waals surface area contributed by atoms with E-state index in [1.807, 2.05) is 48.5 Å². The van der Waals surface area contributed by atoms with E-state index in [0.29, 0.717) is 11.6 Å². The number of aliphatic hydroxyl groups is 1. The number of benzene rings is 2. The van der Waals surface area contributed by atoms with Crippen molar-refractivity contribution in [2.45, 2.75) is 11.6 Å². The Morgan fingerprint density at radius 3 is 2.70 bits per heavy atom. The highest BCUT2D eigenvalue weighted by atomic mass is 32.2. The number of anilines is 1. The number of thioether (sulfide) groups is 1. The maximum absolute atomic E-state index is 12.0. The van der Waals surface area contributed by atoms with Crippen LogP contribution in [0.5, 0.6) is 0 Å². The lowest BCUT2D eigenvalue weighted by molar-refractivity contribution is -0.113. The maximum atomic E-state index is 12.0. The second-order valence-corrected chi connectivity index (χ2v) is 5.88. The van der Waals surface area contributed by atoms with Crippen molar-refractivity contribution in [2.24, 2.45) is 0 Å². The van der Waals surface area contributed by atoms with E-state index in [1.165, 1.54) is 11.8 Å². The molecule has 0 aliphatic heterocycles. The zero-order valence-corrected chi connectivity index (χ0v) is 13.2. The predicted octanol–water partition coefficient (Wildman–Crippen LogP) is 3.09. The highest BCUT2D eigenvalue weighted by Crippen LogP contribution is 2.23. The monoisotopic (exact) mass is 328 g/mol. The van der Waals surface area contributed by atoms with E-state index in [9.17, 15) is 4.79 Å². The Balaban J connectivity index is 1.54. The summed E-state index contributed by atoms with van der Waals surface area (Å²) >= 11 is 1.26. The first kappa shape index (κ1) is 15.6. The Hall–Kier alpha value is -2.31. The zero-order chi connectivity index (χ0) is 16.1. The molecule has 5 nitrogen and oxygen atoms in total. The molecule has 6 heteroatoms. The van der Waals surface area contributed by atoms with E-state index < -0.39 is 0 Å². The van der Waals surface area contributed by atoms with Gasteiger partial charge >= 0.3 is 0 Å². The van der Waals surface area contributed by atoms with Crippen LogP contribution in [0.2, 0.25) is 0 Å². The number of aliphatic hydroxyl groups excluding tert-OH is 1. The highest BCUT2D eigenvalue weighted by Gasteiger charge is 2.09. The van der Waals surface area contributed by atoms with Crippen molar-refractivity contribution in [1.29, 1.82) is 0 Å². The number of fused-ring (bicyclic) bond motifs is 1. The third-order valence-corrected chi connectivity index (χ3v) is 4.07. The number of nitrogens with one attached hydrogen (secondary N) is 1. The number of amides is 1. The first-order chi connectivity index (χ1) is 11.2. The number of hydrogen-bond acceptors (Lipinski definition) is 5. The Morgan fingerprint density at radius 1 is 1.17 bits per heavy atom. The summed E-state index contributed by atoms with van der Waals surface area (Å²) in [7, 11) is 0. The number of carbonyl (C=O) groups excluding carboxylic acids is 1. The first-order valence-corrected chi connectivity index (χ1v) is 8.21. The Kier molecular flexibility index (Phi) is 4.95. The minimum Gasteiger partial charge on any atom is -0.431 e. The standard InChI is InChI=1S/C17H16N2O3S/c20-10-9-12-5-7-13(8-6-12)18-16(21)11-23-17-19-14-3-1-2-4-15(14)22-17/h1-8,20H,9-11H2,(H,18,21). The van der Waals surface area contributed by atoms with E-state index >= 15 is 0 Å². The maximum Gasteiger partial charge on any atom is 0.257 e. The lowest BCUT2D eigenvalue weighted by Gasteiger charge is -2.05. The number of carbonyl (C=O) groups is 1. The molecule has 0 bridgehead atoms. The molecule has 118 valence electrons. The van der Waals surface area contributed by atoms with Crippen LogP contribution in [0.1, 0.15) is 5.56 Å². The Labute approximate surface area is 137 Å². The van der Waals surface area contributed by atoms with Crippen LogP contribution in [0, 0.1) is 0 Å². The van der Waals surface area contributed by atoms with Crippen LogP contribution in [-0.4, -0.2) is 28.4 Å². The summed E-state index contributed by atoms with van der Waals surface area (Å²) in [4.78, 5) is 16.3. The normalized spacial score (nSPS) is 10.8. The molecule has 23 heavy (non-hydrogen) atoms. The highest BCUT2D eigenvalue weighted by molar-refractivity contribution is 7.99. The van der Waals surface area contributed by atoms with Crippen molar-refractivity contribution < 1.29 is 14.3 Å². The minimum absolute atomic E-state index is 0.118. The average molecular weight is 328 g/mol. The van der Waals surface area contributed by atoms with Gasteiger partial charge in [0.15, 0.2) is 5.58 Å². The fourth-order valence-electron chi connectivity index (χ4n) is 2.12. The summed E-state index contributed by atoms with van der Waals surface area (Å²) in [5, 5.41) is 12.2. The van der Waals surface area contributed by atoms with Gasteiger partial charge in [-0.15, -0.1) is 0 Å². The van der Waals surface area contributed by atoms with Gasteiger partial charge in [-0.3, -0.25) is 4.79 Å². The van der Waals surface area contributed by atoms with Crippen molar-refractivity contribution in [3.8, 4) is 0 Å². The van der Waals surface area contributed by atoms with Gasteiger partial charge in [-0.05, 0) is 36.2 Å². The summed E-state index contributed by atoms with van der Waals surface area (Å²) in [6.07, 6.45) is 0.613. The van der Waals surface area contributed by atoms with E-state index in [-0.39, 0.29) is 18.3 Å².